The van der Waals surface area contributed by atoms with Gasteiger partial charge in [-0.2, -0.15) is 0 Å². The zero-order chi connectivity index (χ0) is 12.7. The molecule has 1 aromatic rings. The minimum Gasteiger partial charge on any atom is -0.459 e. The van der Waals surface area contributed by atoms with Crippen LogP contribution in [0.1, 0.15) is 24.3 Å². The molecule has 1 rings (SSSR count). The number of anilines is 1. The van der Waals surface area contributed by atoms with E-state index in [-0.39, 0.29) is 12.6 Å². The van der Waals surface area contributed by atoms with Crippen molar-refractivity contribution in [3.63, 3.8) is 0 Å². The summed E-state index contributed by atoms with van der Waals surface area (Å²) in [7, 11) is 1.55. The molecule has 17 heavy (non-hydrogen) atoms. The van der Waals surface area contributed by atoms with Crippen LogP contribution < -0.4 is 5.32 Å². The van der Waals surface area contributed by atoms with Gasteiger partial charge in [-0.05, 0) is 26.0 Å². The third-order valence-electron chi connectivity index (χ3n) is 1.92. The summed E-state index contributed by atoms with van der Waals surface area (Å²) >= 11 is 0. The number of rotatable bonds is 6. The highest BCUT2D eigenvalue weighted by Crippen LogP contribution is 2.07. The number of hydrogen-bond donors (Lipinski definition) is 1. The fourth-order valence-corrected chi connectivity index (χ4v) is 1.22. The van der Waals surface area contributed by atoms with E-state index >= 15 is 0 Å². The number of nitrogens with one attached hydrogen (secondary N) is 1. The minimum atomic E-state index is -0.436. The number of pyridine rings is 1. The van der Waals surface area contributed by atoms with E-state index in [1.807, 2.05) is 19.9 Å². The lowest BCUT2D eigenvalue weighted by Gasteiger charge is -2.09. The van der Waals surface area contributed by atoms with Gasteiger partial charge < -0.3 is 14.8 Å². The van der Waals surface area contributed by atoms with E-state index in [1.165, 1.54) is 0 Å². The summed E-state index contributed by atoms with van der Waals surface area (Å²) < 4.78 is 9.77. The number of nitrogens with zero attached hydrogens (tertiary/aromatic N) is 1. The van der Waals surface area contributed by atoms with E-state index in [0.717, 1.165) is 0 Å². The molecule has 1 N–H and O–H groups in total. The van der Waals surface area contributed by atoms with Crippen LogP contribution in [0, 0.1) is 0 Å². The van der Waals surface area contributed by atoms with Gasteiger partial charge >= 0.3 is 5.97 Å². The Hall–Kier alpha value is -1.62. The number of carbonyl (C=O) groups excluding carboxylic acids is 1. The molecule has 0 amide bonds. The quantitative estimate of drug-likeness (QED) is 0.604. The Morgan fingerprint density at radius 3 is 2.82 bits per heavy atom. The molecule has 0 radical (unpaired) electrons. The van der Waals surface area contributed by atoms with Gasteiger partial charge in [-0.25, -0.2) is 9.78 Å². The largest absolute Gasteiger partial charge is 0.459 e. The van der Waals surface area contributed by atoms with Crippen molar-refractivity contribution < 1.29 is 14.3 Å². The molecular weight excluding hydrogens is 220 g/mol. The predicted molar refractivity (Wildman–Crippen MR) is 65.2 cm³/mol. The summed E-state index contributed by atoms with van der Waals surface area (Å²) in [6, 6.07) is 5.47. The van der Waals surface area contributed by atoms with Crippen LogP contribution in [0.15, 0.2) is 18.2 Å². The lowest BCUT2D eigenvalue weighted by atomic mass is 10.3. The second-order valence-corrected chi connectivity index (χ2v) is 3.84. The molecule has 0 aliphatic carbocycles. The second kappa shape index (κ2) is 6.85. The fraction of sp³-hybridized carbons (Fsp3) is 0.500. The Morgan fingerprint density at radius 1 is 1.41 bits per heavy atom. The molecule has 0 saturated carbocycles. The van der Waals surface area contributed by atoms with Crippen LogP contribution in [0.4, 0.5) is 5.82 Å². The average molecular weight is 238 g/mol. The van der Waals surface area contributed by atoms with Crippen LogP contribution in [0.25, 0.3) is 0 Å². The highest BCUT2D eigenvalue weighted by Gasteiger charge is 2.09. The number of ether oxygens (including phenoxy) is 2. The van der Waals surface area contributed by atoms with Crippen molar-refractivity contribution in [2.75, 3.05) is 25.6 Å². The molecule has 1 aromatic heterocycles. The van der Waals surface area contributed by atoms with Crippen molar-refractivity contribution in [1.29, 1.82) is 0 Å². The Balaban J connectivity index is 2.60. The highest BCUT2D eigenvalue weighted by molar-refractivity contribution is 5.87. The summed E-state index contributed by atoms with van der Waals surface area (Å²) in [5.41, 5.74) is 0.298. The Morgan fingerprint density at radius 2 is 2.18 bits per heavy atom. The van der Waals surface area contributed by atoms with Crippen LogP contribution in [0.3, 0.4) is 0 Å². The minimum absolute atomic E-state index is 0.235. The summed E-state index contributed by atoms with van der Waals surface area (Å²) in [4.78, 5) is 15.8. The third kappa shape index (κ3) is 4.82. The van der Waals surface area contributed by atoms with E-state index in [1.54, 1.807) is 19.2 Å². The van der Waals surface area contributed by atoms with E-state index in [9.17, 15) is 4.79 Å². The number of esters is 1. The molecule has 0 aliphatic rings. The number of methoxy groups -OCH3 is 1. The van der Waals surface area contributed by atoms with Crippen LogP contribution in [0.5, 0.6) is 0 Å². The van der Waals surface area contributed by atoms with Crippen molar-refractivity contribution in [3.05, 3.63) is 23.9 Å². The van der Waals surface area contributed by atoms with E-state index in [4.69, 9.17) is 9.47 Å². The predicted octanol–water partition coefficient (Wildman–Crippen LogP) is 1.71. The lowest BCUT2D eigenvalue weighted by molar-refractivity contribution is 0.0382. The summed E-state index contributed by atoms with van der Waals surface area (Å²) in [5.74, 6) is 0.232. The summed E-state index contributed by atoms with van der Waals surface area (Å²) in [5, 5.41) is 3.12. The second-order valence-electron chi connectivity index (χ2n) is 3.84. The first kappa shape index (κ1) is 13.4. The molecule has 0 unspecified atom stereocenters. The molecule has 0 aromatic carbocycles. The smallest absolute Gasteiger partial charge is 0.357 e. The molecule has 5 nitrogen and oxygen atoms in total. The first-order valence-corrected chi connectivity index (χ1v) is 5.53. The van der Waals surface area contributed by atoms with Gasteiger partial charge in [0, 0.05) is 13.2 Å². The standard InChI is InChI=1S/C12H18N2O3/c1-9(2)13-11-6-4-5-10(14-11)12(15)17-8-7-16-3/h4-6,9H,7-8H2,1-3H3,(H,13,14). The van der Waals surface area contributed by atoms with Crippen LogP contribution in [-0.2, 0) is 9.47 Å². The van der Waals surface area contributed by atoms with E-state index < -0.39 is 5.97 Å². The average Bonchev–Trinajstić information content (AvgIpc) is 2.28. The van der Waals surface area contributed by atoms with Gasteiger partial charge in [0.2, 0.25) is 0 Å². The number of hydrogen-bond acceptors (Lipinski definition) is 5. The highest BCUT2D eigenvalue weighted by atomic mass is 16.6. The topological polar surface area (TPSA) is 60.5 Å². The first-order valence-electron chi connectivity index (χ1n) is 5.53. The fourth-order valence-electron chi connectivity index (χ4n) is 1.22. The molecule has 0 atom stereocenters. The van der Waals surface area contributed by atoms with Crippen molar-refractivity contribution in [1.82, 2.24) is 4.98 Å². The van der Waals surface area contributed by atoms with Gasteiger partial charge in [-0.15, -0.1) is 0 Å². The maximum absolute atomic E-state index is 11.6. The van der Waals surface area contributed by atoms with E-state index in [2.05, 4.69) is 10.3 Å². The summed E-state index contributed by atoms with van der Waals surface area (Å²) in [6.07, 6.45) is 0. The zero-order valence-electron chi connectivity index (χ0n) is 10.4. The SMILES string of the molecule is COCCOC(=O)c1cccc(NC(C)C)n1. The van der Waals surface area contributed by atoms with Gasteiger partial charge in [0.15, 0.2) is 5.69 Å². The summed E-state index contributed by atoms with van der Waals surface area (Å²) in [6.45, 7) is 4.63. The molecule has 94 valence electrons. The number of carbonyl (C=O) groups is 1. The maximum Gasteiger partial charge on any atom is 0.357 e. The Bertz CT molecular complexity index is 367. The molecular formula is C12H18N2O3. The van der Waals surface area contributed by atoms with Gasteiger partial charge in [0.25, 0.3) is 0 Å². The normalized spacial score (nSPS) is 10.4. The van der Waals surface area contributed by atoms with Gasteiger partial charge in [-0.1, -0.05) is 6.07 Å². The van der Waals surface area contributed by atoms with Crippen LogP contribution in [0.2, 0.25) is 0 Å². The van der Waals surface area contributed by atoms with Crippen molar-refractivity contribution in [2.45, 2.75) is 19.9 Å². The maximum atomic E-state index is 11.6. The van der Waals surface area contributed by atoms with Gasteiger partial charge in [0.05, 0.1) is 6.61 Å². The molecule has 0 fully saturated rings. The monoisotopic (exact) mass is 238 g/mol. The van der Waals surface area contributed by atoms with Crippen LogP contribution in [-0.4, -0.2) is 37.3 Å². The molecule has 0 spiro atoms. The van der Waals surface area contributed by atoms with Gasteiger partial charge in [0.1, 0.15) is 12.4 Å². The lowest BCUT2D eigenvalue weighted by Crippen LogP contribution is -2.14. The van der Waals surface area contributed by atoms with Gasteiger partial charge in [-0.3, -0.25) is 0 Å². The molecule has 0 bridgehead atoms. The van der Waals surface area contributed by atoms with Crippen LogP contribution >= 0.6 is 0 Å². The van der Waals surface area contributed by atoms with Crippen molar-refractivity contribution in [3.8, 4) is 0 Å². The Kier molecular flexibility index (Phi) is 5.42. The first-order chi connectivity index (χ1) is 8.13. The molecule has 0 saturated heterocycles. The zero-order valence-corrected chi connectivity index (χ0v) is 10.4. The Labute approximate surface area is 101 Å². The number of aromatic nitrogens is 1. The molecule has 1 heterocycles. The molecule has 5 heteroatoms. The van der Waals surface area contributed by atoms with E-state index in [0.29, 0.717) is 18.1 Å². The van der Waals surface area contributed by atoms with Crippen molar-refractivity contribution >= 4 is 11.8 Å². The molecule has 0 aliphatic heterocycles. The van der Waals surface area contributed by atoms with Crippen molar-refractivity contribution in [2.24, 2.45) is 0 Å². The third-order valence-corrected chi connectivity index (χ3v) is 1.92.